The Morgan fingerprint density at radius 3 is 2.33 bits per heavy atom. The van der Waals surface area contributed by atoms with Crippen LogP contribution in [-0.4, -0.2) is 55.0 Å². The third-order valence-corrected chi connectivity index (χ3v) is 6.53. The van der Waals surface area contributed by atoms with Crippen LogP contribution in [0.2, 0.25) is 5.02 Å². The SMILES string of the molecule is CN(C)C1(C(=O)N[C@H]2C[C@@H](NC(=O)COc3ccc(Cl)cc3)C3CC32)CC1. The van der Waals surface area contributed by atoms with Crippen LogP contribution in [0.25, 0.3) is 0 Å². The van der Waals surface area contributed by atoms with Gasteiger partial charge < -0.3 is 15.4 Å². The number of benzene rings is 1. The molecule has 27 heavy (non-hydrogen) atoms. The molecular formula is C20H26ClN3O3. The second-order valence-electron chi connectivity index (χ2n) is 8.22. The molecule has 0 heterocycles. The topological polar surface area (TPSA) is 70.7 Å². The van der Waals surface area contributed by atoms with Crippen LogP contribution in [-0.2, 0) is 9.59 Å². The number of rotatable bonds is 7. The maximum atomic E-state index is 12.6. The Kier molecular flexibility index (Phi) is 4.80. The molecule has 3 aliphatic rings. The van der Waals surface area contributed by atoms with Gasteiger partial charge in [0.15, 0.2) is 6.61 Å². The van der Waals surface area contributed by atoms with Gasteiger partial charge in [-0.15, -0.1) is 0 Å². The van der Waals surface area contributed by atoms with Crippen molar-refractivity contribution < 1.29 is 14.3 Å². The number of carbonyl (C=O) groups excluding carboxylic acids is 2. The molecule has 1 aromatic carbocycles. The average Bonchev–Trinajstić information content (AvgIpc) is 3.53. The number of carbonyl (C=O) groups is 2. The molecule has 0 saturated heterocycles. The van der Waals surface area contributed by atoms with Crippen molar-refractivity contribution in [3.8, 4) is 5.75 Å². The summed E-state index contributed by atoms with van der Waals surface area (Å²) >= 11 is 5.84. The highest BCUT2D eigenvalue weighted by molar-refractivity contribution is 6.30. The number of halogens is 1. The molecule has 2 amide bonds. The first-order chi connectivity index (χ1) is 12.9. The van der Waals surface area contributed by atoms with Gasteiger partial charge in [0.25, 0.3) is 5.91 Å². The van der Waals surface area contributed by atoms with E-state index in [1.165, 1.54) is 0 Å². The molecule has 4 atom stereocenters. The van der Waals surface area contributed by atoms with Crippen molar-refractivity contribution >= 4 is 23.4 Å². The van der Waals surface area contributed by atoms with E-state index >= 15 is 0 Å². The molecule has 3 aliphatic carbocycles. The molecule has 6 nitrogen and oxygen atoms in total. The number of nitrogens with one attached hydrogen (secondary N) is 2. The van der Waals surface area contributed by atoms with Crippen LogP contribution in [0.4, 0.5) is 0 Å². The minimum Gasteiger partial charge on any atom is -0.484 e. The number of hydrogen-bond donors (Lipinski definition) is 2. The van der Waals surface area contributed by atoms with E-state index in [9.17, 15) is 9.59 Å². The maximum absolute atomic E-state index is 12.6. The van der Waals surface area contributed by atoms with E-state index in [-0.39, 0.29) is 36.0 Å². The zero-order valence-electron chi connectivity index (χ0n) is 15.7. The summed E-state index contributed by atoms with van der Waals surface area (Å²) in [5.74, 6) is 1.60. The van der Waals surface area contributed by atoms with E-state index < -0.39 is 0 Å². The summed E-state index contributed by atoms with van der Waals surface area (Å²) in [5.41, 5.74) is -0.307. The molecule has 7 heteroatoms. The molecule has 0 aromatic heterocycles. The molecular weight excluding hydrogens is 366 g/mol. The van der Waals surface area contributed by atoms with Crippen molar-refractivity contribution in [2.24, 2.45) is 11.8 Å². The van der Waals surface area contributed by atoms with Crippen molar-refractivity contribution in [1.29, 1.82) is 0 Å². The molecule has 0 aliphatic heterocycles. The van der Waals surface area contributed by atoms with E-state index in [0.717, 1.165) is 25.7 Å². The number of ether oxygens (including phenoxy) is 1. The molecule has 4 rings (SSSR count). The number of hydrogen-bond acceptors (Lipinski definition) is 4. The number of fused-ring (bicyclic) bond motifs is 1. The highest BCUT2D eigenvalue weighted by Gasteiger charge is 2.58. The van der Waals surface area contributed by atoms with Crippen LogP contribution in [0, 0.1) is 11.8 Å². The fourth-order valence-electron chi connectivity index (χ4n) is 4.34. The van der Waals surface area contributed by atoms with Gasteiger partial charge in [-0.25, -0.2) is 0 Å². The Bertz CT molecular complexity index is 732. The van der Waals surface area contributed by atoms with E-state index in [1.54, 1.807) is 24.3 Å². The zero-order valence-corrected chi connectivity index (χ0v) is 16.5. The molecule has 146 valence electrons. The Balaban J connectivity index is 1.25. The molecule has 1 aromatic rings. The van der Waals surface area contributed by atoms with Crippen LogP contribution in [0.3, 0.4) is 0 Å². The fourth-order valence-corrected chi connectivity index (χ4v) is 4.47. The van der Waals surface area contributed by atoms with Crippen molar-refractivity contribution in [3.05, 3.63) is 29.3 Å². The minimum absolute atomic E-state index is 0.0176. The van der Waals surface area contributed by atoms with Crippen LogP contribution in [0.15, 0.2) is 24.3 Å². The standard InChI is InChI=1S/C20H26ClN3O3/c1-24(2)20(7-8-20)19(26)23-17-10-16(14-9-15(14)17)22-18(25)11-27-13-5-3-12(21)4-6-13/h3-6,14-17H,7-11H2,1-2H3,(H,22,25)(H,23,26)/t14?,15?,16-,17+/m1/s1. The van der Waals surface area contributed by atoms with Gasteiger partial charge in [0.2, 0.25) is 5.91 Å². The summed E-state index contributed by atoms with van der Waals surface area (Å²) in [6.45, 7) is -0.0176. The van der Waals surface area contributed by atoms with Gasteiger partial charge in [-0.2, -0.15) is 0 Å². The van der Waals surface area contributed by atoms with Gasteiger partial charge in [-0.05, 0) is 75.9 Å². The summed E-state index contributed by atoms with van der Waals surface area (Å²) in [5, 5.41) is 6.96. The van der Waals surface area contributed by atoms with Crippen molar-refractivity contribution in [2.45, 2.75) is 43.3 Å². The minimum atomic E-state index is -0.307. The van der Waals surface area contributed by atoms with Crippen molar-refractivity contribution in [3.63, 3.8) is 0 Å². The summed E-state index contributed by atoms with van der Waals surface area (Å²) in [7, 11) is 3.93. The third kappa shape index (κ3) is 3.78. The predicted octanol–water partition coefficient (Wildman–Crippen LogP) is 1.82. The predicted molar refractivity (Wildman–Crippen MR) is 103 cm³/mol. The number of amides is 2. The van der Waals surface area contributed by atoms with E-state index in [0.29, 0.717) is 22.6 Å². The van der Waals surface area contributed by atoms with Gasteiger partial charge in [0, 0.05) is 17.1 Å². The highest BCUT2D eigenvalue weighted by atomic mass is 35.5. The largest absolute Gasteiger partial charge is 0.484 e. The summed E-state index contributed by atoms with van der Waals surface area (Å²) in [4.78, 5) is 26.9. The first-order valence-corrected chi connectivity index (χ1v) is 9.93. The zero-order chi connectivity index (χ0) is 19.2. The molecule has 0 radical (unpaired) electrons. The van der Waals surface area contributed by atoms with Crippen LogP contribution < -0.4 is 15.4 Å². The average molecular weight is 392 g/mol. The molecule has 3 fully saturated rings. The highest BCUT2D eigenvalue weighted by Crippen LogP contribution is 2.52. The van der Waals surface area contributed by atoms with Crippen molar-refractivity contribution in [1.82, 2.24) is 15.5 Å². The van der Waals surface area contributed by atoms with Crippen LogP contribution >= 0.6 is 11.6 Å². The van der Waals surface area contributed by atoms with Crippen LogP contribution in [0.5, 0.6) is 5.75 Å². The molecule has 2 unspecified atom stereocenters. The van der Waals surface area contributed by atoms with Gasteiger partial charge in [0.1, 0.15) is 5.75 Å². The lowest BCUT2D eigenvalue weighted by molar-refractivity contribution is -0.127. The smallest absolute Gasteiger partial charge is 0.258 e. The summed E-state index contributed by atoms with van der Waals surface area (Å²) in [6.07, 6.45) is 3.73. The Morgan fingerprint density at radius 2 is 1.74 bits per heavy atom. The second-order valence-corrected chi connectivity index (χ2v) is 8.66. The third-order valence-electron chi connectivity index (χ3n) is 6.28. The van der Waals surface area contributed by atoms with E-state index in [2.05, 4.69) is 10.6 Å². The molecule has 3 saturated carbocycles. The second kappa shape index (κ2) is 6.99. The lowest BCUT2D eigenvalue weighted by atomic mass is 10.1. The van der Waals surface area contributed by atoms with E-state index in [1.807, 2.05) is 19.0 Å². The number of likely N-dealkylation sites (N-methyl/N-ethyl adjacent to an activating group) is 1. The molecule has 2 N–H and O–H groups in total. The lowest BCUT2D eigenvalue weighted by Crippen LogP contribution is -2.50. The summed E-state index contributed by atoms with van der Waals surface area (Å²) in [6, 6.07) is 7.24. The van der Waals surface area contributed by atoms with Gasteiger partial charge in [-0.3, -0.25) is 14.5 Å². The normalized spacial score (nSPS) is 29.8. The van der Waals surface area contributed by atoms with Crippen molar-refractivity contribution in [2.75, 3.05) is 20.7 Å². The maximum Gasteiger partial charge on any atom is 0.258 e. The monoisotopic (exact) mass is 391 g/mol. The van der Waals surface area contributed by atoms with Gasteiger partial charge in [0.05, 0.1) is 5.54 Å². The van der Waals surface area contributed by atoms with Crippen LogP contribution in [0.1, 0.15) is 25.7 Å². The molecule has 0 spiro atoms. The molecule has 0 bridgehead atoms. The number of nitrogens with zero attached hydrogens (tertiary/aromatic N) is 1. The lowest BCUT2D eigenvalue weighted by Gasteiger charge is -2.26. The Labute approximate surface area is 164 Å². The van der Waals surface area contributed by atoms with Gasteiger partial charge in [-0.1, -0.05) is 11.6 Å². The Hall–Kier alpha value is -1.79. The van der Waals surface area contributed by atoms with Gasteiger partial charge >= 0.3 is 0 Å². The summed E-state index contributed by atoms with van der Waals surface area (Å²) < 4.78 is 5.51. The fraction of sp³-hybridized carbons (Fsp3) is 0.600. The first-order valence-electron chi connectivity index (χ1n) is 9.55. The quantitative estimate of drug-likeness (QED) is 0.743. The first kappa shape index (κ1) is 18.6. The Morgan fingerprint density at radius 1 is 1.11 bits per heavy atom. The van der Waals surface area contributed by atoms with E-state index in [4.69, 9.17) is 16.3 Å².